The first-order valence-corrected chi connectivity index (χ1v) is 11.5. The second kappa shape index (κ2) is 9.09. The van der Waals surface area contributed by atoms with Crippen molar-refractivity contribution in [3.05, 3.63) is 90.0 Å². The van der Waals surface area contributed by atoms with E-state index in [9.17, 15) is 9.59 Å². The molecular weight excluding hydrogens is 418 g/mol. The Labute approximate surface area is 193 Å². The lowest BCUT2D eigenvalue weighted by Gasteiger charge is -2.38. The highest BCUT2D eigenvalue weighted by atomic mass is 32.2. The second-order valence-electron chi connectivity index (χ2n) is 8.33. The van der Waals surface area contributed by atoms with Gasteiger partial charge in [-0.15, -0.1) is 11.8 Å². The van der Waals surface area contributed by atoms with Gasteiger partial charge in [-0.05, 0) is 48.9 Å². The van der Waals surface area contributed by atoms with Gasteiger partial charge in [0.15, 0.2) is 0 Å². The number of benzene rings is 3. The molecule has 3 aromatic rings. The van der Waals surface area contributed by atoms with Gasteiger partial charge in [0.25, 0.3) is 11.8 Å². The Morgan fingerprint density at radius 1 is 1.00 bits per heavy atom. The molecule has 0 aliphatic carbocycles. The lowest BCUT2D eigenvalue weighted by atomic mass is 9.98. The summed E-state index contributed by atoms with van der Waals surface area (Å²) in [5, 5.41) is 3.04. The third kappa shape index (κ3) is 4.36. The minimum atomic E-state index is -1.03. The van der Waals surface area contributed by atoms with E-state index in [-0.39, 0.29) is 11.8 Å². The predicted octanol–water partition coefficient (Wildman–Crippen LogP) is 4.90. The molecule has 0 spiro atoms. The highest BCUT2D eigenvalue weighted by Crippen LogP contribution is 2.36. The van der Waals surface area contributed by atoms with Crippen LogP contribution in [0, 0.1) is 0 Å². The maximum atomic E-state index is 13.7. The minimum absolute atomic E-state index is 0.130. The van der Waals surface area contributed by atoms with Crippen molar-refractivity contribution >= 4 is 35.0 Å². The molecule has 1 heterocycles. The highest BCUT2D eigenvalue weighted by molar-refractivity contribution is 7.99. The van der Waals surface area contributed by atoms with Crippen LogP contribution in [-0.4, -0.2) is 42.1 Å². The van der Waals surface area contributed by atoms with Crippen molar-refractivity contribution < 1.29 is 9.59 Å². The normalized spacial score (nSPS) is 18.0. The fraction of sp³-hybridized carbons (Fsp3) is 0.231. The topological polar surface area (TPSA) is 52.7 Å². The summed E-state index contributed by atoms with van der Waals surface area (Å²) in [7, 11) is 3.95. The molecule has 32 heavy (non-hydrogen) atoms. The van der Waals surface area contributed by atoms with Gasteiger partial charge in [-0.25, -0.2) is 0 Å². The van der Waals surface area contributed by atoms with Gasteiger partial charge in [0.2, 0.25) is 0 Å². The maximum absolute atomic E-state index is 13.7. The zero-order chi connectivity index (χ0) is 22.7. The molecular formula is C26H27N3O2S. The van der Waals surface area contributed by atoms with Crippen LogP contribution in [0.1, 0.15) is 22.8 Å². The number of fused-ring (bicyclic) bond motifs is 1. The molecule has 164 valence electrons. The van der Waals surface area contributed by atoms with Crippen molar-refractivity contribution in [2.45, 2.75) is 23.9 Å². The number of carbonyl (C=O) groups is 2. The van der Waals surface area contributed by atoms with E-state index in [1.807, 2.05) is 105 Å². The largest absolute Gasteiger partial charge is 0.378 e. The van der Waals surface area contributed by atoms with Gasteiger partial charge in [0.1, 0.15) is 5.54 Å². The van der Waals surface area contributed by atoms with Crippen LogP contribution in [0.3, 0.4) is 0 Å². The van der Waals surface area contributed by atoms with E-state index in [2.05, 4.69) is 5.32 Å². The quantitative estimate of drug-likeness (QED) is 0.607. The number of rotatable bonds is 5. The van der Waals surface area contributed by atoms with Crippen molar-refractivity contribution in [1.82, 2.24) is 4.90 Å². The summed E-state index contributed by atoms with van der Waals surface area (Å²) >= 11 is 1.55. The number of carbonyl (C=O) groups excluding carboxylic acids is 2. The maximum Gasteiger partial charge on any atom is 0.256 e. The van der Waals surface area contributed by atoms with E-state index in [0.29, 0.717) is 23.5 Å². The Kier molecular flexibility index (Phi) is 6.24. The van der Waals surface area contributed by atoms with E-state index in [1.165, 1.54) is 0 Å². The number of hydrogen-bond acceptors (Lipinski definition) is 4. The molecule has 1 aliphatic heterocycles. The Hall–Kier alpha value is -3.25. The van der Waals surface area contributed by atoms with Crippen LogP contribution >= 0.6 is 11.8 Å². The smallest absolute Gasteiger partial charge is 0.256 e. The Bertz CT molecular complexity index is 1120. The molecule has 1 unspecified atom stereocenters. The number of nitrogens with zero attached hydrogens (tertiary/aromatic N) is 2. The van der Waals surface area contributed by atoms with Crippen LogP contribution in [0.25, 0.3) is 0 Å². The summed E-state index contributed by atoms with van der Waals surface area (Å²) in [5.74, 6) is 0.138. The van der Waals surface area contributed by atoms with Crippen LogP contribution in [-0.2, 0) is 11.3 Å². The van der Waals surface area contributed by atoms with Gasteiger partial charge in [-0.3, -0.25) is 9.59 Å². The molecule has 4 rings (SSSR count). The first-order valence-electron chi connectivity index (χ1n) is 10.5. The lowest BCUT2D eigenvalue weighted by Crippen LogP contribution is -2.57. The average Bonchev–Trinajstić information content (AvgIpc) is 2.91. The molecule has 2 amide bonds. The number of anilines is 2. The lowest BCUT2D eigenvalue weighted by molar-refractivity contribution is -0.125. The van der Waals surface area contributed by atoms with E-state index in [1.54, 1.807) is 16.7 Å². The van der Waals surface area contributed by atoms with Gasteiger partial charge in [0, 0.05) is 42.7 Å². The molecule has 0 bridgehead atoms. The SMILES string of the molecule is CN(C)c1ccc(NC(=O)C2(C)CSc3ccccc3C(=O)N2Cc2ccccc2)cc1. The van der Waals surface area contributed by atoms with Gasteiger partial charge < -0.3 is 15.1 Å². The van der Waals surface area contributed by atoms with Crippen LogP contribution in [0.2, 0.25) is 0 Å². The molecule has 0 aromatic heterocycles. The van der Waals surface area contributed by atoms with E-state index in [0.717, 1.165) is 16.1 Å². The fourth-order valence-corrected chi connectivity index (χ4v) is 4.95. The van der Waals surface area contributed by atoms with Crippen molar-refractivity contribution in [1.29, 1.82) is 0 Å². The average molecular weight is 446 g/mol. The summed E-state index contributed by atoms with van der Waals surface area (Å²) in [6, 6.07) is 25.1. The fourth-order valence-electron chi connectivity index (χ4n) is 3.74. The molecule has 0 saturated heterocycles. The minimum Gasteiger partial charge on any atom is -0.378 e. The summed E-state index contributed by atoms with van der Waals surface area (Å²) in [6.45, 7) is 2.22. The third-order valence-electron chi connectivity index (χ3n) is 5.78. The number of hydrogen-bond donors (Lipinski definition) is 1. The first kappa shape index (κ1) is 22.0. The number of thioether (sulfide) groups is 1. The zero-order valence-corrected chi connectivity index (χ0v) is 19.4. The van der Waals surface area contributed by atoms with E-state index >= 15 is 0 Å². The van der Waals surface area contributed by atoms with E-state index < -0.39 is 5.54 Å². The predicted molar refractivity (Wildman–Crippen MR) is 131 cm³/mol. The zero-order valence-electron chi connectivity index (χ0n) is 18.5. The summed E-state index contributed by atoms with van der Waals surface area (Å²) in [6.07, 6.45) is 0. The molecule has 1 aliphatic rings. The van der Waals surface area contributed by atoms with Crippen molar-refractivity contribution in [2.24, 2.45) is 0 Å². The van der Waals surface area contributed by atoms with Crippen molar-refractivity contribution in [3.8, 4) is 0 Å². The first-order chi connectivity index (χ1) is 15.4. The molecule has 0 radical (unpaired) electrons. The summed E-state index contributed by atoms with van der Waals surface area (Å²) in [4.78, 5) is 31.9. The molecule has 0 saturated carbocycles. The Morgan fingerprint density at radius 3 is 2.34 bits per heavy atom. The number of amides is 2. The molecule has 6 heteroatoms. The Balaban J connectivity index is 1.68. The molecule has 1 N–H and O–H groups in total. The van der Waals surface area contributed by atoms with Gasteiger partial charge >= 0.3 is 0 Å². The second-order valence-corrected chi connectivity index (χ2v) is 9.35. The molecule has 3 aromatic carbocycles. The van der Waals surface area contributed by atoms with Crippen molar-refractivity contribution in [2.75, 3.05) is 30.1 Å². The van der Waals surface area contributed by atoms with Gasteiger partial charge in [0.05, 0.1) is 5.56 Å². The summed E-state index contributed by atoms with van der Waals surface area (Å²) in [5.41, 5.74) is 2.35. The van der Waals surface area contributed by atoms with Crippen LogP contribution in [0.4, 0.5) is 11.4 Å². The summed E-state index contributed by atoms with van der Waals surface area (Å²) < 4.78 is 0. The van der Waals surface area contributed by atoms with E-state index in [4.69, 9.17) is 0 Å². The van der Waals surface area contributed by atoms with Gasteiger partial charge in [-0.1, -0.05) is 42.5 Å². The third-order valence-corrected chi connectivity index (χ3v) is 7.15. The van der Waals surface area contributed by atoms with Crippen molar-refractivity contribution in [3.63, 3.8) is 0 Å². The Morgan fingerprint density at radius 2 is 1.66 bits per heavy atom. The highest BCUT2D eigenvalue weighted by Gasteiger charge is 2.45. The molecule has 1 atom stereocenters. The van der Waals surface area contributed by atoms with Crippen LogP contribution < -0.4 is 10.2 Å². The molecule has 5 nitrogen and oxygen atoms in total. The monoisotopic (exact) mass is 445 g/mol. The standard InChI is InChI=1S/C26H27N3O2S/c1-26(25(31)27-20-13-15-21(16-14-20)28(2)3)18-32-23-12-8-7-11-22(23)24(30)29(26)17-19-9-5-4-6-10-19/h4-16H,17-18H2,1-3H3,(H,27,31). The van der Waals surface area contributed by atoms with Crippen LogP contribution in [0.15, 0.2) is 83.8 Å². The molecule has 0 fully saturated rings. The number of nitrogens with one attached hydrogen (secondary N) is 1. The van der Waals surface area contributed by atoms with Crippen LogP contribution in [0.5, 0.6) is 0 Å². The van der Waals surface area contributed by atoms with Gasteiger partial charge in [-0.2, -0.15) is 0 Å².